The lowest BCUT2D eigenvalue weighted by molar-refractivity contribution is -0.108. The Bertz CT molecular complexity index is 1020. The smallest absolute Gasteiger partial charge is 0.141 e. The molecule has 180 valence electrons. The zero-order valence-corrected chi connectivity index (χ0v) is 20.6. The molecule has 1 aliphatic rings. The van der Waals surface area contributed by atoms with Gasteiger partial charge in [-0.3, -0.25) is 0 Å². The van der Waals surface area contributed by atoms with E-state index in [0.717, 1.165) is 34.7 Å². The monoisotopic (exact) mass is 453 g/mol. The third-order valence-corrected chi connectivity index (χ3v) is 5.88. The molecule has 1 fully saturated rings. The molecule has 0 radical (unpaired) electrons. The predicted molar refractivity (Wildman–Crippen MR) is 136 cm³/mol. The number of aromatic nitrogens is 2. The highest BCUT2D eigenvalue weighted by atomic mass is 16.5. The molecule has 1 aromatic heterocycles. The standard InChI is InChI=1S/C15H13N3O2.C9H18O.C3H8/c16-11-9-10(5-6-14(11)20)15-17-12-3-1-2-4-13(12)18(15)7-8-19;1-7-4-5-8(2)9(6-7)10-3;1-3-2/h1-6,8-9,20H,7,16H2;7-9H,4-6H2,1-3H3;3H2,1-2H3. The van der Waals surface area contributed by atoms with Gasteiger partial charge in [-0.2, -0.15) is 0 Å². The van der Waals surface area contributed by atoms with Crippen molar-refractivity contribution < 1.29 is 14.6 Å². The number of imidazole rings is 1. The lowest BCUT2D eigenvalue weighted by atomic mass is 9.82. The number of hydrogen-bond donors (Lipinski definition) is 2. The molecule has 0 bridgehead atoms. The fourth-order valence-corrected chi connectivity index (χ4v) is 4.06. The number of anilines is 1. The second-order valence-electron chi connectivity index (χ2n) is 8.85. The summed E-state index contributed by atoms with van der Waals surface area (Å²) in [6.07, 6.45) is 6.61. The van der Waals surface area contributed by atoms with E-state index in [-0.39, 0.29) is 18.0 Å². The van der Waals surface area contributed by atoms with Crippen molar-refractivity contribution in [3.8, 4) is 17.1 Å². The molecule has 3 unspecified atom stereocenters. The number of ether oxygens (including phenoxy) is 1. The van der Waals surface area contributed by atoms with Crippen molar-refractivity contribution in [1.82, 2.24) is 9.55 Å². The van der Waals surface area contributed by atoms with E-state index in [4.69, 9.17) is 10.5 Å². The number of nitrogens with two attached hydrogens (primary N) is 1. The summed E-state index contributed by atoms with van der Waals surface area (Å²) in [7, 11) is 1.83. The van der Waals surface area contributed by atoms with Crippen LogP contribution in [0.3, 0.4) is 0 Å². The average molecular weight is 454 g/mol. The lowest BCUT2D eigenvalue weighted by Gasteiger charge is -2.31. The Kier molecular flexibility index (Phi) is 10.4. The third-order valence-electron chi connectivity index (χ3n) is 5.88. The number of benzene rings is 2. The van der Waals surface area contributed by atoms with Crippen LogP contribution in [-0.2, 0) is 16.1 Å². The molecular weight excluding hydrogens is 414 g/mol. The molecule has 0 aliphatic heterocycles. The van der Waals surface area contributed by atoms with E-state index in [0.29, 0.717) is 11.9 Å². The van der Waals surface area contributed by atoms with Crippen LogP contribution in [-0.4, -0.2) is 34.2 Å². The van der Waals surface area contributed by atoms with Gasteiger partial charge in [0, 0.05) is 12.7 Å². The predicted octanol–water partition coefficient (Wildman–Crippen LogP) is 6.06. The van der Waals surface area contributed by atoms with Gasteiger partial charge in [0.15, 0.2) is 0 Å². The first-order chi connectivity index (χ1) is 15.9. The van der Waals surface area contributed by atoms with E-state index in [1.54, 1.807) is 12.1 Å². The fourth-order valence-electron chi connectivity index (χ4n) is 4.06. The van der Waals surface area contributed by atoms with Gasteiger partial charge in [-0.05, 0) is 55.0 Å². The van der Waals surface area contributed by atoms with E-state index in [2.05, 4.69) is 32.7 Å². The van der Waals surface area contributed by atoms with Crippen LogP contribution in [0.2, 0.25) is 0 Å². The van der Waals surface area contributed by atoms with E-state index in [1.807, 2.05) is 35.9 Å². The second-order valence-corrected chi connectivity index (χ2v) is 8.85. The first-order valence-electron chi connectivity index (χ1n) is 11.9. The molecule has 2 aromatic carbocycles. The SMILES string of the molecule is CCC.COC1CC(C)CCC1C.Nc1cc(-c2nc3ccccc3n2CC=O)ccc1O. The number of methoxy groups -OCH3 is 1. The Balaban J connectivity index is 0.000000249. The minimum atomic E-state index is 0.0341. The van der Waals surface area contributed by atoms with Crippen LogP contribution < -0.4 is 5.73 Å². The molecule has 3 aromatic rings. The number of nitrogen functional groups attached to an aromatic ring is 1. The van der Waals surface area contributed by atoms with Crippen molar-refractivity contribution in [2.75, 3.05) is 12.8 Å². The number of carbonyl (C=O) groups is 1. The Morgan fingerprint density at radius 2 is 1.88 bits per heavy atom. The summed E-state index contributed by atoms with van der Waals surface area (Å²) in [6, 6.07) is 12.5. The largest absolute Gasteiger partial charge is 0.506 e. The first-order valence-corrected chi connectivity index (χ1v) is 11.9. The number of phenolic OH excluding ortho intramolecular Hbond substituents is 1. The number of aromatic hydroxyl groups is 1. The quantitative estimate of drug-likeness (QED) is 0.284. The third kappa shape index (κ3) is 7.06. The van der Waals surface area contributed by atoms with E-state index >= 15 is 0 Å². The van der Waals surface area contributed by atoms with Gasteiger partial charge in [0.1, 0.15) is 17.9 Å². The Labute approximate surface area is 197 Å². The Morgan fingerprint density at radius 1 is 1.18 bits per heavy atom. The van der Waals surface area contributed by atoms with Crippen molar-refractivity contribution in [1.29, 1.82) is 0 Å². The molecule has 33 heavy (non-hydrogen) atoms. The number of aldehydes is 1. The summed E-state index contributed by atoms with van der Waals surface area (Å²) in [6.45, 7) is 9.08. The minimum absolute atomic E-state index is 0.0341. The summed E-state index contributed by atoms with van der Waals surface area (Å²) >= 11 is 0. The summed E-state index contributed by atoms with van der Waals surface area (Å²) in [4.78, 5) is 15.4. The van der Waals surface area contributed by atoms with Crippen molar-refractivity contribution in [2.45, 2.75) is 66.0 Å². The van der Waals surface area contributed by atoms with Gasteiger partial charge in [-0.1, -0.05) is 52.7 Å². The zero-order valence-electron chi connectivity index (χ0n) is 20.6. The van der Waals surface area contributed by atoms with Crippen molar-refractivity contribution >= 4 is 23.0 Å². The molecule has 0 spiro atoms. The van der Waals surface area contributed by atoms with Crippen molar-refractivity contribution in [3.05, 3.63) is 42.5 Å². The van der Waals surface area contributed by atoms with Gasteiger partial charge in [-0.25, -0.2) is 4.98 Å². The summed E-state index contributed by atoms with van der Waals surface area (Å²) < 4.78 is 7.20. The van der Waals surface area contributed by atoms with Crippen LogP contribution >= 0.6 is 0 Å². The van der Waals surface area contributed by atoms with Gasteiger partial charge in [0.25, 0.3) is 0 Å². The summed E-state index contributed by atoms with van der Waals surface area (Å²) in [5.74, 6) is 2.35. The van der Waals surface area contributed by atoms with Crippen molar-refractivity contribution in [3.63, 3.8) is 0 Å². The molecule has 4 rings (SSSR count). The number of para-hydroxylation sites is 2. The number of rotatable bonds is 4. The zero-order chi connectivity index (χ0) is 24.4. The van der Waals surface area contributed by atoms with Crippen LogP contribution in [0.1, 0.15) is 53.4 Å². The van der Waals surface area contributed by atoms with Gasteiger partial charge in [0.2, 0.25) is 0 Å². The van der Waals surface area contributed by atoms with E-state index in [1.165, 1.54) is 31.7 Å². The van der Waals surface area contributed by atoms with Gasteiger partial charge >= 0.3 is 0 Å². The number of carbonyl (C=O) groups excluding carboxylic acids is 1. The molecule has 0 amide bonds. The molecule has 1 heterocycles. The highest BCUT2D eigenvalue weighted by molar-refractivity contribution is 5.82. The average Bonchev–Trinajstić information content (AvgIpc) is 3.17. The molecule has 3 atom stereocenters. The molecule has 1 saturated carbocycles. The van der Waals surface area contributed by atoms with Gasteiger partial charge in [-0.15, -0.1) is 0 Å². The minimum Gasteiger partial charge on any atom is -0.506 e. The maximum absolute atomic E-state index is 10.9. The summed E-state index contributed by atoms with van der Waals surface area (Å²) in [5, 5.41) is 9.49. The van der Waals surface area contributed by atoms with Crippen LogP contribution in [0.4, 0.5) is 5.69 Å². The van der Waals surface area contributed by atoms with Gasteiger partial charge < -0.3 is 24.9 Å². The Hall–Kier alpha value is -2.86. The van der Waals surface area contributed by atoms with Crippen LogP contribution in [0.25, 0.3) is 22.4 Å². The lowest BCUT2D eigenvalue weighted by Crippen LogP contribution is -2.27. The highest BCUT2D eigenvalue weighted by Crippen LogP contribution is 2.30. The second kappa shape index (κ2) is 13.0. The molecular formula is C27H39N3O3. The van der Waals surface area contributed by atoms with Gasteiger partial charge in [0.05, 0.1) is 29.4 Å². The van der Waals surface area contributed by atoms with E-state index < -0.39 is 0 Å². The number of hydrogen-bond acceptors (Lipinski definition) is 5. The van der Waals surface area contributed by atoms with E-state index in [9.17, 15) is 9.90 Å². The maximum Gasteiger partial charge on any atom is 0.141 e. The highest BCUT2D eigenvalue weighted by Gasteiger charge is 2.24. The van der Waals surface area contributed by atoms with Crippen LogP contribution in [0, 0.1) is 11.8 Å². The number of phenols is 1. The normalized spacial score (nSPS) is 19.7. The number of fused-ring (bicyclic) bond motifs is 1. The molecule has 0 saturated heterocycles. The molecule has 6 heteroatoms. The summed E-state index contributed by atoms with van der Waals surface area (Å²) in [5.41, 5.74) is 8.47. The molecule has 6 nitrogen and oxygen atoms in total. The maximum atomic E-state index is 10.9. The molecule has 3 N–H and O–H groups in total. The van der Waals surface area contributed by atoms with Crippen LogP contribution in [0.5, 0.6) is 5.75 Å². The fraction of sp³-hybridized carbons (Fsp3) is 0.481. The Morgan fingerprint density at radius 3 is 2.48 bits per heavy atom. The van der Waals surface area contributed by atoms with Crippen molar-refractivity contribution in [2.24, 2.45) is 11.8 Å². The first kappa shape index (κ1) is 26.4. The number of nitrogens with zero attached hydrogens (tertiary/aromatic N) is 2. The topological polar surface area (TPSA) is 90.4 Å². The molecule has 1 aliphatic carbocycles. The van der Waals surface area contributed by atoms with Crippen LogP contribution in [0.15, 0.2) is 42.5 Å².